The molecular formula is C48H58FN3O11. The highest BCUT2D eigenvalue weighted by Crippen LogP contribution is 2.62. The lowest BCUT2D eigenvalue weighted by atomic mass is 9.55. The Morgan fingerprint density at radius 1 is 1.05 bits per heavy atom. The molecular weight excluding hydrogens is 814 g/mol. The third kappa shape index (κ3) is 10.4. The number of allylic oxidation sites excluding steroid dienone is 1. The number of aliphatic hydroxyl groups is 2. The van der Waals surface area contributed by atoms with Crippen LogP contribution in [0.5, 0.6) is 17.2 Å². The highest BCUT2D eigenvalue weighted by molar-refractivity contribution is 6.03. The zero-order valence-electron chi connectivity index (χ0n) is 35.8. The van der Waals surface area contributed by atoms with Crippen LogP contribution in [-0.2, 0) is 25.6 Å². The molecule has 15 heteroatoms. The molecule has 1 amide bonds. The Balaban J connectivity index is 1.45. The van der Waals surface area contributed by atoms with E-state index in [4.69, 9.17) is 33.7 Å². The van der Waals surface area contributed by atoms with E-state index >= 15 is 0 Å². The zero-order valence-corrected chi connectivity index (χ0v) is 35.8. The summed E-state index contributed by atoms with van der Waals surface area (Å²) in [6, 6.07) is 16.5. The van der Waals surface area contributed by atoms with Gasteiger partial charge in [0.25, 0.3) is 5.69 Å². The van der Waals surface area contributed by atoms with Gasteiger partial charge in [-0.25, -0.2) is 9.18 Å². The summed E-state index contributed by atoms with van der Waals surface area (Å²) in [5.41, 5.74) is 2.78. The van der Waals surface area contributed by atoms with E-state index in [1.54, 1.807) is 54.3 Å². The second-order valence-corrected chi connectivity index (χ2v) is 16.5. The molecule has 7 atom stereocenters. The number of nitrogens with zero attached hydrogens (tertiary/aromatic N) is 3. The molecule has 7 rings (SSSR count). The van der Waals surface area contributed by atoms with Gasteiger partial charge in [0.15, 0.2) is 0 Å². The molecule has 0 aromatic heterocycles. The maximum atomic E-state index is 14.4. The fourth-order valence-corrected chi connectivity index (χ4v) is 9.72. The summed E-state index contributed by atoms with van der Waals surface area (Å²) < 4.78 is 46.6. The van der Waals surface area contributed by atoms with E-state index in [9.17, 15) is 29.5 Å². The molecule has 2 N–H and O–H groups in total. The minimum Gasteiger partial charge on any atom is -0.459 e. The van der Waals surface area contributed by atoms with E-state index in [1.807, 2.05) is 6.07 Å². The highest BCUT2D eigenvalue weighted by Gasteiger charge is 2.65. The van der Waals surface area contributed by atoms with E-state index in [0.717, 1.165) is 43.2 Å². The summed E-state index contributed by atoms with van der Waals surface area (Å²) in [6.07, 6.45) is 9.48. The molecule has 2 aliphatic heterocycles. The van der Waals surface area contributed by atoms with Crippen molar-refractivity contribution in [2.45, 2.75) is 102 Å². The Morgan fingerprint density at radius 3 is 2.54 bits per heavy atom. The molecule has 2 aliphatic carbocycles. The minimum absolute atomic E-state index is 0.0230. The van der Waals surface area contributed by atoms with Crippen LogP contribution in [0.2, 0.25) is 0 Å². The molecule has 1 saturated carbocycles. The molecule has 4 aliphatic rings. The number of nitro benzene ring substituents is 1. The van der Waals surface area contributed by atoms with E-state index in [-0.39, 0.29) is 68.6 Å². The molecule has 3 aromatic rings. The maximum absolute atomic E-state index is 14.4. The summed E-state index contributed by atoms with van der Waals surface area (Å²) in [7, 11) is 0. The van der Waals surface area contributed by atoms with E-state index < -0.39 is 40.9 Å². The quantitative estimate of drug-likeness (QED) is 0.0480. The fraction of sp³-hybridized carbons (Fsp3) is 0.500. The number of carbonyl (C=O) groups is 1. The molecule has 3 aromatic carbocycles. The van der Waals surface area contributed by atoms with E-state index in [1.165, 1.54) is 24.3 Å². The first-order valence-electron chi connectivity index (χ1n) is 22.2. The van der Waals surface area contributed by atoms with Crippen LogP contribution in [0.1, 0.15) is 88.2 Å². The number of fused-ring (bicyclic) bond motifs is 2. The van der Waals surface area contributed by atoms with Gasteiger partial charge in [-0.05, 0) is 105 Å². The van der Waals surface area contributed by atoms with Gasteiger partial charge < -0.3 is 38.7 Å². The third-order valence-corrected chi connectivity index (χ3v) is 12.5. The number of oxime groups is 1. The second-order valence-electron chi connectivity index (χ2n) is 16.5. The van der Waals surface area contributed by atoms with Crippen LogP contribution in [0.25, 0.3) is 0 Å². The lowest BCUT2D eigenvalue weighted by Crippen LogP contribution is -2.70. The van der Waals surface area contributed by atoms with Gasteiger partial charge in [-0.3, -0.25) is 15.0 Å². The van der Waals surface area contributed by atoms with Crippen molar-refractivity contribution in [3.63, 3.8) is 0 Å². The van der Waals surface area contributed by atoms with Gasteiger partial charge in [-0.15, -0.1) is 6.58 Å². The Bertz CT molecular complexity index is 2110. The second kappa shape index (κ2) is 21.3. The summed E-state index contributed by atoms with van der Waals surface area (Å²) in [5, 5.41) is 36.4. The lowest BCUT2D eigenvalue weighted by molar-refractivity contribution is -0.384. The van der Waals surface area contributed by atoms with Crippen molar-refractivity contribution in [3.05, 3.63) is 118 Å². The molecule has 0 bridgehead atoms. The van der Waals surface area contributed by atoms with Crippen LogP contribution in [0.4, 0.5) is 14.9 Å². The monoisotopic (exact) mass is 871 g/mol. The smallest absolute Gasteiger partial charge is 0.410 e. The minimum atomic E-state index is -1.57. The number of non-ortho nitro benzene ring substituents is 1. The number of amides is 1. The number of nitro groups is 1. The van der Waals surface area contributed by atoms with Crippen LogP contribution < -0.4 is 9.47 Å². The average Bonchev–Trinajstić information content (AvgIpc) is 3.29. The topological polar surface area (TPSA) is 172 Å². The van der Waals surface area contributed by atoms with Crippen molar-refractivity contribution >= 4 is 17.5 Å². The standard InChI is InChI=1S/C48H58FN3O11/c1-3-25-60-48-43(51(47(55)58-4-2)31-32-17-19-34(49)20-18-32)30-41(50-63-44-16-7-10-26-59-44)39-27-33(12-5-8-23-53)38(15-6-9-24-54)45(46(39)48)40-29-37(21-22-42(40)62-48)61-36-14-11-13-35(28-36)52(56)57/h3,11,13-14,17-22,27-29,33,38,43-46,53-54H,1,4-10,12,15-16,23-26,30-31H2,2H3/t33-,38+,43-,44?,45+,46+,48+/m0/s1. The number of aliphatic hydroxyl groups excluding tert-OH is 2. The number of rotatable bonds is 20. The predicted molar refractivity (Wildman–Crippen MR) is 232 cm³/mol. The van der Waals surface area contributed by atoms with E-state index in [2.05, 4.69) is 12.7 Å². The number of hydrogen-bond donors (Lipinski definition) is 2. The highest BCUT2D eigenvalue weighted by atomic mass is 19.1. The lowest BCUT2D eigenvalue weighted by Gasteiger charge is -2.59. The number of hydrogen-bond acceptors (Lipinski definition) is 12. The van der Waals surface area contributed by atoms with Crippen molar-refractivity contribution in [2.24, 2.45) is 22.9 Å². The molecule has 63 heavy (non-hydrogen) atoms. The van der Waals surface area contributed by atoms with Crippen LogP contribution in [0, 0.1) is 33.7 Å². The van der Waals surface area contributed by atoms with Gasteiger partial charge >= 0.3 is 6.09 Å². The number of unbranched alkanes of at least 4 members (excludes halogenated alkanes) is 2. The van der Waals surface area contributed by atoms with Gasteiger partial charge in [0.1, 0.15) is 29.1 Å². The first-order valence-corrected chi connectivity index (χ1v) is 22.2. The first kappa shape index (κ1) is 45.7. The third-order valence-electron chi connectivity index (χ3n) is 12.5. The van der Waals surface area contributed by atoms with Gasteiger partial charge in [0.2, 0.25) is 12.1 Å². The number of ether oxygens (including phenoxy) is 5. The number of carbonyl (C=O) groups excluding carboxylic acids is 1. The molecule has 0 spiro atoms. The van der Waals surface area contributed by atoms with Crippen molar-refractivity contribution in [3.8, 4) is 17.2 Å². The van der Waals surface area contributed by atoms with Crippen LogP contribution in [0.3, 0.4) is 0 Å². The first-order chi connectivity index (χ1) is 30.7. The SMILES string of the molecule is C=CCO[C@@]12Oc3ccc(Oc4cccc([N+](=O)[O-])c4)cc3[C@H]3[C@H](CCCCO)[C@@H](CCCCO)C=C(C(=NOC4CCCCO4)C[C@@H]1N(Cc1ccc(F)cc1)C(=O)OCC)[C@H]32. The number of halogens is 1. The molecule has 1 saturated heterocycles. The summed E-state index contributed by atoms with van der Waals surface area (Å²) >= 11 is 0. The molecule has 2 fully saturated rings. The van der Waals surface area contributed by atoms with Crippen molar-refractivity contribution in [1.29, 1.82) is 0 Å². The maximum Gasteiger partial charge on any atom is 0.410 e. The largest absolute Gasteiger partial charge is 0.459 e. The van der Waals surface area contributed by atoms with E-state index in [0.29, 0.717) is 55.1 Å². The predicted octanol–water partition coefficient (Wildman–Crippen LogP) is 9.35. The molecule has 0 radical (unpaired) electrons. The van der Waals surface area contributed by atoms with Crippen molar-refractivity contribution < 1.29 is 52.8 Å². The summed E-state index contributed by atoms with van der Waals surface area (Å²) in [4.78, 5) is 33.4. The van der Waals surface area contributed by atoms with Crippen LogP contribution in [0.15, 0.2) is 96.2 Å². The Kier molecular flexibility index (Phi) is 15.5. The fourth-order valence-electron chi connectivity index (χ4n) is 9.72. The molecule has 2 heterocycles. The normalized spacial score (nSPS) is 25.5. The van der Waals surface area contributed by atoms with Gasteiger partial charge in [0, 0.05) is 50.1 Å². The zero-order chi connectivity index (χ0) is 44.3. The summed E-state index contributed by atoms with van der Waals surface area (Å²) in [6.45, 7) is 6.52. The van der Waals surface area contributed by atoms with Crippen LogP contribution >= 0.6 is 0 Å². The Labute approximate surface area is 367 Å². The molecule has 1 unspecified atom stereocenters. The average molecular weight is 872 g/mol. The van der Waals surface area contributed by atoms with Crippen molar-refractivity contribution in [2.75, 3.05) is 33.0 Å². The Morgan fingerprint density at radius 2 is 1.83 bits per heavy atom. The summed E-state index contributed by atoms with van der Waals surface area (Å²) in [5.74, 6) is -1.84. The number of benzene rings is 3. The Hall–Kier alpha value is -5.35. The van der Waals surface area contributed by atoms with Gasteiger partial charge in [-0.2, -0.15) is 0 Å². The van der Waals surface area contributed by atoms with Gasteiger partial charge in [0.05, 0.1) is 42.4 Å². The molecule has 338 valence electrons. The van der Waals surface area contributed by atoms with Gasteiger partial charge in [-0.1, -0.05) is 48.3 Å². The molecule has 14 nitrogen and oxygen atoms in total. The van der Waals surface area contributed by atoms with Crippen molar-refractivity contribution in [1.82, 2.24) is 4.90 Å². The van der Waals surface area contributed by atoms with Crippen LogP contribution in [-0.4, -0.2) is 83.0 Å².